The van der Waals surface area contributed by atoms with E-state index in [4.69, 9.17) is 4.74 Å². The topological polar surface area (TPSA) is 70.4 Å². The zero-order valence-corrected chi connectivity index (χ0v) is 17.4. The molecule has 0 spiro atoms. The van der Waals surface area contributed by atoms with Crippen LogP contribution in [0.1, 0.15) is 42.6 Å². The van der Waals surface area contributed by atoms with Gasteiger partial charge in [0, 0.05) is 22.9 Å². The maximum absolute atomic E-state index is 12.8. The van der Waals surface area contributed by atoms with Crippen LogP contribution in [0, 0.1) is 17.2 Å². The van der Waals surface area contributed by atoms with Gasteiger partial charge in [0.1, 0.15) is 6.07 Å². The number of hydrogen-bond acceptors (Lipinski definition) is 5. The van der Waals surface area contributed by atoms with Crippen molar-refractivity contribution in [2.75, 3.05) is 13.1 Å². The third-order valence-corrected chi connectivity index (χ3v) is 6.21. The van der Waals surface area contributed by atoms with Crippen LogP contribution in [-0.4, -0.2) is 36.0 Å². The lowest BCUT2D eigenvalue weighted by molar-refractivity contribution is -0.141. The lowest BCUT2D eigenvalue weighted by Gasteiger charge is -2.31. The van der Waals surface area contributed by atoms with Crippen molar-refractivity contribution >= 4 is 23.6 Å². The average molecular weight is 409 g/mol. The quantitative estimate of drug-likeness (QED) is 0.681. The number of amides is 1. The molecule has 1 atom stereocenters. The van der Waals surface area contributed by atoms with Crippen LogP contribution in [0.15, 0.2) is 58.3 Å². The average Bonchev–Trinajstić information content (AvgIpc) is 2.74. The number of carbonyl (C=O) groups is 2. The molecule has 1 aliphatic rings. The smallest absolute Gasteiger partial charge is 0.340 e. The number of carbonyl (C=O) groups excluding carboxylic acids is 2. The largest absolute Gasteiger partial charge is 0.449 e. The molecule has 0 saturated carbocycles. The Hall–Kier alpha value is -2.78. The van der Waals surface area contributed by atoms with Crippen molar-refractivity contribution in [2.45, 2.75) is 42.6 Å². The van der Waals surface area contributed by atoms with Gasteiger partial charge in [0.15, 0.2) is 6.10 Å². The van der Waals surface area contributed by atoms with Crippen LogP contribution in [0.4, 0.5) is 0 Å². The lowest BCUT2D eigenvalue weighted by Crippen LogP contribution is -2.44. The summed E-state index contributed by atoms with van der Waals surface area (Å²) in [7, 11) is 0. The number of benzene rings is 2. The number of esters is 1. The molecule has 0 aromatic heterocycles. The van der Waals surface area contributed by atoms with Gasteiger partial charge in [-0.05, 0) is 49.9 Å². The van der Waals surface area contributed by atoms with E-state index in [2.05, 4.69) is 13.0 Å². The van der Waals surface area contributed by atoms with E-state index < -0.39 is 12.1 Å². The molecule has 2 aromatic rings. The third-order valence-electron chi connectivity index (χ3n) is 5.06. The molecular formula is C23H24N2O3S. The molecule has 1 aliphatic heterocycles. The van der Waals surface area contributed by atoms with Crippen molar-refractivity contribution in [3.8, 4) is 6.07 Å². The summed E-state index contributed by atoms with van der Waals surface area (Å²) < 4.78 is 5.50. The van der Waals surface area contributed by atoms with Gasteiger partial charge in [0.25, 0.3) is 5.91 Å². The highest BCUT2D eigenvalue weighted by atomic mass is 32.2. The molecule has 3 rings (SSSR count). The summed E-state index contributed by atoms with van der Waals surface area (Å²) in [6.45, 7) is 5.22. The van der Waals surface area contributed by atoms with Gasteiger partial charge in [-0.3, -0.25) is 4.79 Å². The molecule has 0 aliphatic carbocycles. The van der Waals surface area contributed by atoms with E-state index in [0.29, 0.717) is 35.0 Å². The lowest BCUT2D eigenvalue weighted by atomic mass is 9.99. The van der Waals surface area contributed by atoms with E-state index in [-0.39, 0.29) is 5.91 Å². The third kappa shape index (κ3) is 5.18. The van der Waals surface area contributed by atoms with Crippen LogP contribution in [0.25, 0.3) is 0 Å². The summed E-state index contributed by atoms with van der Waals surface area (Å²) in [5.74, 6) is -0.0592. The fraction of sp³-hybridized carbons (Fsp3) is 0.348. The summed E-state index contributed by atoms with van der Waals surface area (Å²) in [5.41, 5.74) is 0.931. The maximum atomic E-state index is 12.8. The van der Waals surface area contributed by atoms with Gasteiger partial charge in [0.2, 0.25) is 0 Å². The Balaban J connectivity index is 1.71. The monoisotopic (exact) mass is 408 g/mol. The predicted molar refractivity (Wildman–Crippen MR) is 112 cm³/mol. The molecule has 1 saturated heterocycles. The maximum Gasteiger partial charge on any atom is 0.340 e. The highest BCUT2D eigenvalue weighted by Crippen LogP contribution is 2.33. The molecule has 0 bridgehead atoms. The number of nitriles is 1. The molecule has 150 valence electrons. The number of piperidine rings is 1. The van der Waals surface area contributed by atoms with E-state index in [9.17, 15) is 14.9 Å². The van der Waals surface area contributed by atoms with E-state index >= 15 is 0 Å². The first-order chi connectivity index (χ1) is 14.0. The molecular weight excluding hydrogens is 384 g/mol. The summed E-state index contributed by atoms with van der Waals surface area (Å²) in [5, 5.41) is 9.30. The molecule has 0 N–H and O–H groups in total. The fourth-order valence-electron chi connectivity index (χ4n) is 3.25. The van der Waals surface area contributed by atoms with Crippen LogP contribution < -0.4 is 0 Å². The minimum atomic E-state index is -0.833. The Morgan fingerprint density at radius 1 is 1.10 bits per heavy atom. The summed E-state index contributed by atoms with van der Waals surface area (Å²) in [6, 6.07) is 16.5. The number of likely N-dealkylation sites (tertiary alicyclic amines) is 1. The summed E-state index contributed by atoms with van der Waals surface area (Å²) in [6.07, 6.45) is 1.12. The van der Waals surface area contributed by atoms with Crippen LogP contribution >= 0.6 is 11.8 Å². The first kappa shape index (κ1) is 20.9. The standard InChI is InChI=1S/C23H24N2O3S/c1-16-11-13-25(14-12-16)22(26)17(2)28-23(27)19-8-4-6-10-21(19)29-20-9-5-3-7-18(20)15-24/h3-10,16-17H,11-14H2,1-2H3/t17-/m1/s1. The van der Waals surface area contributed by atoms with Crippen molar-refractivity contribution in [1.29, 1.82) is 5.26 Å². The molecule has 1 amide bonds. The zero-order valence-electron chi connectivity index (χ0n) is 16.6. The number of nitrogens with zero attached hydrogens (tertiary/aromatic N) is 2. The second-order valence-corrected chi connectivity index (χ2v) is 8.35. The summed E-state index contributed by atoms with van der Waals surface area (Å²) in [4.78, 5) is 28.7. The Bertz CT molecular complexity index is 930. The zero-order chi connectivity index (χ0) is 20.8. The van der Waals surface area contributed by atoms with Gasteiger partial charge in [-0.25, -0.2) is 4.79 Å². The molecule has 0 radical (unpaired) electrons. The molecule has 2 aromatic carbocycles. The van der Waals surface area contributed by atoms with Crippen molar-refractivity contribution in [3.05, 3.63) is 59.7 Å². The SMILES string of the molecule is CC1CCN(C(=O)[C@@H](C)OC(=O)c2ccccc2Sc2ccccc2C#N)CC1. The molecule has 1 heterocycles. The highest BCUT2D eigenvalue weighted by molar-refractivity contribution is 7.99. The molecule has 29 heavy (non-hydrogen) atoms. The second-order valence-electron chi connectivity index (χ2n) is 7.26. The van der Waals surface area contributed by atoms with E-state index in [1.165, 1.54) is 11.8 Å². The number of hydrogen-bond donors (Lipinski definition) is 0. The Kier molecular flexibility index (Phi) is 6.95. The second kappa shape index (κ2) is 9.62. The van der Waals surface area contributed by atoms with Crippen molar-refractivity contribution in [1.82, 2.24) is 4.90 Å². The van der Waals surface area contributed by atoms with Crippen molar-refractivity contribution in [2.24, 2.45) is 5.92 Å². The first-order valence-electron chi connectivity index (χ1n) is 9.75. The highest BCUT2D eigenvalue weighted by Gasteiger charge is 2.27. The van der Waals surface area contributed by atoms with Crippen LogP contribution in [-0.2, 0) is 9.53 Å². The Labute approximate surface area is 175 Å². The minimum absolute atomic E-state index is 0.148. The van der Waals surface area contributed by atoms with E-state index in [0.717, 1.165) is 17.7 Å². The molecule has 6 heteroatoms. The van der Waals surface area contributed by atoms with Gasteiger partial charge < -0.3 is 9.64 Å². The number of ether oxygens (including phenoxy) is 1. The minimum Gasteiger partial charge on any atom is -0.449 e. The molecule has 1 fully saturated rings. The van der Waals surface area contributed by atoms with E-state index in [1.54, 1.807) is 36.1 Å². The van der Waals surface area contributed by atoms with Crippen LogP contribution in [0.2, 0.25) is 0 Å². The molecule has 5 nitrogen and oxygen atoms in total. The van der Waals surface area contributed by atoms with Gasteiger partial charge in [-0.2, -0.15) is 5.26 Å². The normalized spacial score (nSPS) is 15.4. The van der Waals surface area contributed by atoms with Crippen molar-refractivity contribution in [3.63, 3.8) is 0 Å². The van der Waals surface area contributed by atoms with Gasteiger partial charge in [-0.15, -0.1) is 0 Å². The summed E-state index contributed by atoms with van der Waals surface area (Å²) >= 11 is 1.34. The van der Waals surface area contributed by atoms with Gasteiger partial charge in [-0.1, -0.05) is 43.0 Å². The van der Waals surface area contributed by atoms with Crippen LogP contribution in [0.3, 0.4) is 0 Å². The van der Waals surface area contributed by atoms with Gasteiger partial charge in [0.05, 0.1) is 11.1 Å². The number of rotatable bonds is 5. The van der Waals surface area contributed by atoms with Crippen molar-refractivity contribution < 1.29 is 14.3 Å². The van der Waals surface area contributed by atoms with Gasteiger partial charge >= 0.3 is 5.97 Å². The Morgan fingerprint density at radius 2 is 1.72 bits per heavy atom. The fourth-order valence-corrected chi connectivity index (χ4v) is 4.27. The van der Waals surface area contributed by atoms with Crippen LogP contribution in [0.5, 0.6) is 0 Å². The molecule has 0 unspecified atom stereocenters. The van der Waals surface area contributed by atoms with E-state index in [1.807, 2.05) is 24.3 Å². The first-order valence-corrected chi connectivity index (χ1v) is 10.6. The predicted octanol–water partition coefficient (Wildman–Crippen LogP) is 4.51. The Morgan fingerprint density at radius 3 is 2.41 bits per heavy atom.